The molecule has 1 unspecified atom stereocenters. The van der Waals surface area contributed by atoms with Gasteiger partial charge in [0.15, 0.2) is 0 Å². The predicted octanol–water partition coefficient (Wildman–Crippen LogP) is 2.50. The van der Waals surface area contributed by atoms with Gasteiger partial charge < -0.3 is 10.0 Å². The standard InChI is InChI=1S/C16H23NO3/c1-12(17(3)13(2)18)11-15-9-7-14(8-10-15)5-4-6-16(19)20/h7-10,12H,4-6,11H2,1-3H3,(H,19,20). The van der Waals surface area contributed by atoms with Gasteiger partial charge in [0.25, 0.3) is 0 Å². The first kappa shape index (κ1) is 16.2. The molecule has 110 valence electrons. The summed E-state index contributed by atoms with van der Waals surface area (Å²) in [7, 11) is 1.81. The Bertz CT molecular complexity index is 453. The molecule has 0 heterocycles. The van der Waals surface area contributed by atoms with E-state index in [0.29, 0.717) is 6.42 Å². The second-order valence-corrected chi connectivity index (χ2v) is 5.25. The summed E-state index contributed by atoms with van der Waals surface area (Å²) in [4.78, 5) is 23.5. The van der Waals surface area contributed by atoms with Gasteiger partial charge in [-0.2, -0.15) is 0 Å². The zero-order valence-corrected chi connectivity index (χ0v) is 12.4. The van der Waals surface area contributed by atoms with Crippen molar-refractivity contribution in [3.8, 4) is 0 Å². The van der Waals surface area contributed by atoms with Gasteiger partial charge in [-0.3, -0.25) is 9.59 Å². The number of benzene rings is 1. The Morgan fingerprint density at radius 2 is 1.75 bits per heavy atom. The maximum Gasteiger partial charge on any atom is 0.303 e. The molecule has 1 amide bonds. The molecule has 0 aliphatic rings. The molecule has 0 fully saturated rings. The number of carboxylic acid groups (broad SMARTS) is 1. The Hall–Kier alpha value is -1.84. The Balaban J connectivity index is 2.50. The quantitative estimate of drug-likeness (QED) is 0.833. The Morgan fingerprint density at radius 1 is 1.20 bits per heavy atom. The number of hydrogen-bond acceptors (Lipinski definition) is 2. The lowest BCUT2D eigenvalue weighted by molar-refractivity contribution is -0.137. The van der Waals surface area contributed by atoms with Crippen molar-refractivity contribution in [2.45, 2.75) is 45.6 Å². The second kappa shape index (κ2) is 7.68. The molecule has 0 bridgehead atoms. The van der Waals surface area contributed by atoms with Crippen LogP contribution in [-0.2, 0) is 22.4 Å². The lowest BCUT2D eigenvalue weighted by Gasteiger charge is -2.23. The maximum absolute atomic E-state index is 11.3. The number of amides is 1. The van der Waals surface area contributed by atoms with Crippen LogP contribution < -0.4 is 0 Å². The smallest absolute Gasteiger partial charge is 0.303 e. The Kier molecular flexibility index (Phi) is 6.22. The molecule has 0 aromatic heterocycles. The molecule has 0 saturated heterocycles. The van der Waals surface area contributed by atoms with Crippen LogP contribution in [0.4, 0.5) is 0 Å². The number of carbonyl (C=O) groups excluding carboxylic acids is 1. The van der Waals surface area contributed by atoms with Crippen LogP contribution in [0.25, 0.3) is 0 Å². The fourth-order valence-electron chi connectivity index (χ4n) is 2.07. The van der Waals surface area contributed by atoms with Crippen LogP contribution in [0.3, 0.4) is 0 Å². The molecule has 1 aromatic rings. The molecule has 0 radical (unpaired) electrons. The molecule has 1 N–H and O–H groups in total. The highest BCUT2D eigenvalue weighted by Crippen LogP contribution is 2.11. The second-order valence-electron chi connectivity index (χ2n) is 5.25. The minimum absolute atomic E-state index is 0.0720. The number of aryl methyl sites for hydroxylation is 1. The molecule has 0 aliphatic heterocycles. The van der Waals surface area contributed by atoms with Gasteiger partial charge in [0.05, 0.1) is 0 Å². The van der Waals surface area contributed by atoms with E-state index in [2.05, 4.69) is 12.1 Å². The zero-order chi connectivity index (χ0) is 15.1. The third-order valence-electron chi connectivity index (χ3n) is 3.57. The lowest BCUT2D eigenvalue weighted by Crippen LogP contribution is -2.34. The van der Waals surface area contributed by atoms with Crippen molar-refractivity contribution in [1.82, 2.24) is 4.90 Å². The maximum atomic E-state index is 11.3. The summed E-state index contributed by atoms with van der Waals surface area (Å²) in [6, 6.07) is 8.36. The molecule has 1 aromatic carbocycles. The first-order valence-corrected chi connectivity index (χ1v) is 6.93. The number of carbonyl (C=O) groups is 2. The third-order valence-corrected chi connectivity index (χ3v) is 3.57. The molecule has 20 heavy (non-hydrogen) atoms. The fourth-order valence-corrected chi connectivity index (χ4v) is 2.07. The summed E-state index contributed by atoms with van der Waals surface area (Å²) in [5.41, 5.74) is 2.34. The lowest BCUT2D eigenvalue weighted by atomic mass is 10.0. The van der Waals surface area contributed by atoms with E-state index < -0.39 is 5.97 Å². The minimum Gasteiger partial charge on any atom is -0.481 e. The minimum atomic E-state index is -0.747. The van der Waals surface area contributed by atoms with E-state index in [4.69, 9.17) is 5.11 Å². The van der Waals surface area contributed by atoms with Crippen molar-refractivity contribution < 1.29 is 14.7 Å². The summed E-state index contributed by atoms with van der Waals surface area (Å²) in [5.74, 6) is -0.675. The van der Waals surface area contributed by atoms with Gasteiger partial charge in [0, 0.05) is 26.4 Å². The topological polar surface area (TPSA) is 57.6 Å². The van der Waals surface area contributed by atoms with Gasteiger partial charge in [-0.05, 0) is 37.3 Å². The van der Waals surface area contributed by atoms with Crippen LogP contribution in [0.5, 0.6) is 0 Å². The first-order chi connectivity index (χ1) is 9.40. The summed E-state index contributed by atoms with van der Waals surface area (Å²) >= 11 is 0. The third kappa shape index (κ3) is 5.43. The van der Waals surface area contributed by atoms with Crippen molar-refractivity contribution in [3.05, 3.63) is 35.4 Å². The number of carboxylic acids is 1. The van der Waals surface area contributed by atoms with Crippen LogP contribution in [0.15, 0.2) is 24.3 Å². The van der Waals surface area contributed by atoms with E-state index in [1.807, 2.05) is 26.1 Å². The molecular weight excluding hydrogens is 254 g/mol. The number of likely N-dealkylation sites (N-methyl/N-ethyl adjacent to an activating group) is 1. The summed E-state index contributed by atoms with van der Waals surface area (Å²) < 4.78 is 0. The number of aliphatic carboxylic acids is 1. The van der Waals surface area contributed by atoms with Crippen molar-refractivity contribution >= 4 is 11.9 Å². The predicted molar refractivity (Wildman–Crippen MR) is 78.6 cm³/mol. The first-order valence-electron chi connectivity index (χ1n) is 6.93. The summed E-state index contributed by atoms with van der Waals surface area (Å²) in [5, 5.41) is 8.60. The highest BCUT2D eigenvalue weighted by atomic mass is 16.4. The van der Waals surface area contributed by atoms with Gasteiger partial charge in [-0.25, -0.2) is 0 Å². The van der Waals surface area contributed by atoms with E-state index in [1.54, 1.807) is 11.8 Å². The molecule has 0 aliphatic carbocycles. The van der Waals surface area contributed by atoms with Gasteiger partial charge in [0.1, 0.15) is 0 Å². The van der Waals surface area contributed by atoms with E-state index in [9.17, 15) is 9.59 Å². The van der Waals surface area contributed by atoms with Crippen LogP contribution >= 0.6 is 0 Å². The normalized spacial score (nSPS) is 11.9. The van der Waals surface area contributed by atoms with E-state index in [0.717, 1.165) is 18.4 Å². The summed E-state index contributed by atoms with van der Waals surface area (Å²) in [6.07, 6.45) is 2.49. The van der Waals surface area contributed by atoms with Gasteiger partial charge in [-0.1, -0.05) is 24.3 Å². The largest absolute Gasteiger partial charge is 0.481 e. The van der Waals surface area contributed by atoms with Gasteiger partial charge in [0.2, 0.25) is 5.91 Å². The number of rotatable bonds is 7. The molecule has 0 saturated carbocycles. The summed E-state index contributed by atoms with van der Waals surface area (Å²) in [6.45, 7) is 3.60. The number of nitrogens with zero attached hydrogens (tertiary/aromatic N) is 1. The SMILES string of the molecule is CC(=O)N(C)C(C)Cc1ccc(CCCC(=O)O)cc1. The van der Waals surface area contributed by atoms with Crippen molar-refractivity contribution in [2.75, 3.05) is 7.05 Å². The van der Waals surface area contributed by atoms with Gasteiger partial charge >= 0.3 is 5.97 Å². The number of hydrogen-bond donors (Lipinski definition) is 1. The fraction of sp³-hybridized carbons (Fsp3) is 0.500. The molecule has 4 nitrogen and oxygen atoms in total. The van der Waals surface area contributed by atoms with Gasteiger partial charge in [-0.15, -0.1) is 0 Å². The zero-order valence-electron chi connectivity index (χ0n) is 12.4. The van der Waals surface area contributed by atoms with E-state index in [-0.39, 0.29) is 18.4 Å². The average molecular weight is 277 g/mol. The van der Waals surface area contributed by atoms with Crippen molar-refractivity contribution in [3.63, 3.8) is 0 Å². The van der Waals surface area contributed by atoms with Crippen LogP contribution in [0.2, 0.25) is 0 Å². The van der Waals surface area contributed by atoms with Crippen LogP contribution in [0, 0.1) is 0 Å². The van der Waals surface area contributed by atoms with Crippen molar-refractivity contribution in [1.29, 1.82) is 0 Å². The molecule has 0 spiro atoms. The molecule has 1 atom stereocenters. The highest BCUT2D eigenvalue weighted by Gasteiger charge is 2.12. The average Bonchev–Trinajstić information content (AvgIpc) is 2.39. The Labute approximate surface area is 120 Å². The van der Waals surface area contributed by atoms with Crippen LogP contribution in [0.1, 0.15) is 37.8 Å². The van der Waals surface area contributed by atoms with E-state index >= 15 is 0 Å². The molecule has 4 heteroatoms. The highest BCUT2D eigenvalue weighted by molar-refractivity contribution is 5.73. The van der Waals surface area contributed by atoms with Crippen LogP contribution in [-0.4, -0.2) is 35.0 Å². The van der Waals surface area contributed by atoms with Crippen molar-refractivity contribution in [2.24, 2.45) is 0 Å². The molecule has 1 rings (SSSR count). The Morgan fingerprint density at radius 3 is 2.25 bits per heavy atom. The monoisotopic (exact) mass is 277 g/mol. The van der Waals surface area contributed by atoms with E-state index in [1.165, 1.54) is 5.56 Å². The molecular formula is C16H23NO3.